The van der Waals surface area contributed by atoms with Crippen molar-refractivity contribution in [3.63, 3.8) is 0 Å². The normalized spacial score (nSPS) is 15.5. The Morgan fingerprint density at radius 1 is 0.868 bits per heavy atom. The quantitative estimate of drug-likeness (QED) is 0.247. The maximum atomic E-state index is 14.2. The van der Waals surface area contributed by atoms with Gasteiger partial charge in [-0.3, -0.25) is 9.78 Å². The number of benzene rings is 2. The highest BCUT2D eigenvalue weighted by Gasteiger charge is 2.42. The summed E-state index contributed by atoms with van der Waals surface area (Å²) in [5.74, 6) is 3.83. The van der Waals surface area contributed by atoms with Gasteiger partial charge < -0.3 is 5.32 Å². The maximum absolute atomic E-state index is 14.2. The van der Waals surface area contributed by atoms with Gasteiger partial charge in [0.2, 0.25) is 5.91 Å². The lowest BCUT2D eigenvalue weighted by atomic mass is 9.75. The Bertz CT molecular complexity index is 1280. The van der Waals surface area contributed by atoms with Gasteiger partial charge in [0.15, 0.2) is 0 Å². The van der Waals surface area contributed by atoms with Crippen LogP contribution in [0.25, 0.3) is 10.9 Å². The Balaban J connectivity index is 1.78. The molecule has 1 fully saturated rings. The van der Waals surface area contributed by atoms with Gasteiger partial charge in [0.25, 0.3) is 0 Å². The molecule has 1 N–H and O–H groups in total. The number of nitrogens with one attached hydrogen (secondary N) is 1. The summed E-state index contributed by atoms with van der Waals surface area (Å²) in [6, 6.07) is 18.4. The van der Waals surface area contributed by atoms with Crippen molar-refractivity contribution in [1.29, 1.82) is 0 Å². The van der Waals surface area contributed by atoms with Crippen LogP contribution in [-0.2, 0) is 4.79 Å². The van der Waals surface area contributed by atoms with Crippen molar-refractivity contribution in [1.82, 2.24) is 4.98 Å². The molecule has 3 nitrogen and oxygen atoms in total. The van der Waals surface area contributed by atoms with Crippen LogP contribution in [0.1, 0.15) is 90.7 Å². The van der Waals surface area contributed by atoms with E-state index in [0.29, 0.717) is 22.5 Å². The number of aromatic nitrogens is 1. The number of hydrogen-bond donors (Lipinski definition) is 1. The fourth-order valence-corrected chi connectivity index (χ4v) is 12.2. The summed E-state index contributed by atoms with van der Waals surface area (Å²) in [5.41, 5.74) is 9.33. The summed E-state index contributed by atoms with van der Waals surface area (Å²) >= 11 is 0. The Labute approximate surface area is 230 Å². The van der Waals surface area contributed by atoms with Crippen LogP contribution in [-0.4, -0.2) is 19.0 Å². The first-order chi connectivity index (χ1) is 18.3. The predicted octanol–water partition coefficient (Wildman–Crippen LogP) is 9.11. The Morgan fingerprint density at radius 2 is 1.53 bits per heavy atom. The first-order valence-corrected chi connectivity index (χ1v) is 16.8. The van der Waals surface area contributed by atoms with Crippen molar-refractivity contribution in [2.45, 2.75) is 96.2 Å². The molecule has 0 spiro atoms. The van der Waals surface area contributed by atoms with E-state index in [9.17, 15) is 4.79 Å². The number of para-hydroxylation sites is 1. The molecule has 4 rings (SSSR count). The van der Waals surface area contributed by atoms with Gasteiger partial charge >= 0.3 is 0 Å². The van der Waals surface area contributed by atoms with E-state index in [1.165, 1.54) is 19.3 Å². The minimum atomic E-state index is -1.90. The number of pyridine rings is 1. The fourth-order valence-electron chi connectivity index (χ4n) is 6.98. The molecule has 1 aromatic heterocycles. The van der Waals surface area contributed by atoms with E-state index in [4.69, 9.17) is 0 Å². The molecule has 1 saturated carbocycles. The lowest BCUT2D eigenvalue weighted by Gasteiger charge is -2.38. The van der Waals surface area contributed by atoms with E-state index >= 15 is 0 Å². The zero-order chi connectivity index (χ0) is 27.3. The summed E-state index contributed by atoms with van der Waals surface area (Å²) in [5, 5.41) is 4.32. The van der Waals surface area contributed by atoms with Crippen LogP contribution in [0.5, 0.6) is 0 Å². The van der Waals surface area contributed by atoms with Crippen molar-refractivity contribution in [3.8, 4) is 11.5 Å². The summed E-state index contributed by atoms with van der Waals surface area (Å²) in [6.45, 7) is 14.1. The first kappa shape index (κ1) is 28.1. The zero-order valence-corrected chi connectivity index (χ0v) is 25.1. The van der Waals surface area contributed by atoms with Crippen LogP contribution in [0, 0.1) is 17.4 Å². The molecule has 38 heavy (non-hydrogen) atoms. The minimum Gasteiger partial charge on any atom is -0.324 e. The van der Waals surface area contributed by atoms with Crippen LogP contribution in [0.15, 0.2) is 60.8 Å². The van der Waals surface area contributed by atoms with Gasteiger partial charge in [-0.25, -0.2) is 0 Å². The molecule has 0 bridgehead atoms. The smallest absolute Gasteiger partial charge is 0.232 e. The number of rotatable bonds is 7. The molecular formula is C34H44N2OSi. The number of amides is 1. The maximum Gasteiger partial charge on any atom is 0.232 e. The molecule has 0 aliphatic heterocycles. The van der Waals surface area contributed by atoms with Gasteiger partial charge in [-0.15, -0.1) is 5.54 Å². The highest BCUT2D eigenvalue weighted by atomic mass is 28.3. The summed E-state index contributed by atoms with van der Waals surface area (Å²) in [4.78, 5) is 18.7. The number of hydrogen-bond acceptors (Lipinski definition) is 2. The summed E-state index contributed by atoms with van der Waals surface area (Å²) < 4.78 is 0. The monoisotopic (exact) mass is 524 g/mol. The predicted molar refractivity (Wildman–Crippen MR) is 164 cm³/mol. The topological polar surface area (TPSA) is 42.0 Å². The number of carbonyl (C=O) groups excluding carboxylic acids is 1. The van der Waals surface area contributed by atoms with E-state index in [1.807, 2.05) is 30.3 Å². The largest absolute Gasteiger partial charge is 0.324 e. The van der Waals surface area contributed by atoms with Gasteiger partial charge in [0.05, 0.1) is 17.1 Å². The standard InChI is InChI=1S/C34H44N2OSi/c1-24(2)38(25(3)4,26(5)6)23-21-27-14-10-11-19-30(27)32(28-15-8-7-9-16-28)34(37)36-31-20-12-17-29-18-13-22-35-33(29)31/h10-14,17-20,22,24-26,28,32H,7-9,15-16H2,1-6H3,(H,36,37)/t32-/m1/s1. The molecule has 1 amide bonds. The van der Waals surface area contributed by atoms with E-state index in [1.54, 1.807) is 6.20 Å². The molecule has 1 heterocycles. The zero-order valence-electron chi connectivity index (χ0n) is 24.1. The number of nitrogens with zero attached hydrogens (tertiary/aromatic N) is 1. The van der Waals surface area contributed by atoms with Crippen LogP contribution < -0.4 is 5.32 Å². The van der Waals surface area contributed by atoms with Crippen molar-refractivity contribution in [2.24, 2.45) is 5.92 Å². The Morgan fingerprint density at radius 3 is 2.21 bits per heavy atom. The number of anilines is 1. The second kappa shape index (κ2) is 12.3. The lowest BCUT2D eigenvalue weighted by Crippen LogP contribution is -2.43. The summed E-state index contributed by atoms with van der Waals surface area (Å²) in [7, 11) is -1.90. The SMILES string of the molecule is CC(C)[Si](C#Cc1ccccc1[C@H](C(=O)Nc1cccc2cccnc12)C1CCCCC1)(C(C)C)C(C)C. The number of carbonyl (C=O) groups is 1. The molecule has 1 aliphatic carbocycles. The van der Waals surface area contributed by atoms with Crippen LogP contribution in [0.2, 0.25) is 16.6 Å². The van der Waals surface area contributed by atoms with Gasteiger partial charge in [-0.05, 0) is 59.1 Å². The van der Waals surface area contributed by atoms with E-state index in [2.05, 4.69) is 87.6 Å². The molecule has 1 atom stereocenters. The van der Waals surface area contributed by atoms with E-state index in [-0.39, 0.29) is 11.8 Å². The van der Waals surface area contributed by atoms with Crippen molar-refractivity contribution in [2.75, 3.05) is 5.32 Å². The van der Waals surface area contributed by atoms with Gasteiger partial charge in [-0.2, -0.15) is 0 Å². The molecule has 200 valence electrons. The third kappa shape index (κ3) is 5.74. The molecule has 0 unspecified atom stereocenters. The molecule has 0 saturated heterocycles. The molecule has 1 aliphatic rings. The van der Waals surface area contributed by atoms with Crippen LogP contribution in [0.3, 0.4) is 0 Å². The van der Waals surface area contributed by atoms with E-state index < -0.39 is 8.07 Å². The Kier molecular flexibility index (Phi) is 9.10. The second-order valence-electron chi connectivity index (χ2n) is 12.0. The van der Waals surface area contributed by atoms with Crippen molar-refractivity contribution < 1.29 is 4.79 Å². The minimum absolute atomic E-state index is 0.0596. The summed E-state index contributed by atoms with van der Waals surface area (Å²) in [6.07, 6.45) is 7.57. The third-order valence-corrected chi connectivity index (χ3v) is 15.2. The molecule has 0 radical (unpaired) electrons. The first-order valence-electron chi connectivity index (χ1n) is 14.5. The highest BCUT2D eigenvalue weighted by Crippen LogP contribution is 2.42. The van der Waals surface area contributed by atoms with Crippen LogP contribution >= 0.6 is 0 Å². The lowest BCUT2D eigenvalue weighted by molar-refractivity contribution is -0.119. The average Bonchev–Trinajstić information content (AvgIpc) is 2.90. The van der Waals surface area contributed by atoms with Crippen molar-refractivity contribution >= 4 is 30.6 Å². The fraction of sp³-hybridized carbons (Fsp3) is 0.471. The average molecular weight is 525 g/mol. The third-order valence-electron chi connectivity index (χ3n) is 8.87. The molecule has 3 aromatic rings. The van der Waals surface area contributed by atoms with Gasteiger partial charge in [0, 0.05) is 17.1 Å². The Hall–Kier alpha value is -2.90. The molecular weight excluding hydrogens is 480 g/mol. The molecule has 2 aromatic carbocycles. The van der Waals surface area contributed by atoms with Crippen LogP contribution in [0.4, 0.5) is 5.69 Å². The highest BCUT2D eigenvalue weighted by molar-refractivity contribution is 6.90. The van der Waals surface area contributed by atoms with E-state index in [0.717, 1.165) is 40.6 Å². The number of fused-ring (bicyclic) bond motifs is 1. The van der Waals surface area contributed by atoms with Gasteiger partial charge in [0.1, 0.15) is 8.07 Å². The van der Waals surface area contributed by atoms with Crippen molar-refractivity contribution in [3.05, 3.63) is 71.9 Å². The van der Waals surface area contributed by atoms with Gasteiger partial charge in [-0.1, -0.05) is 103 Å². The second-order valence-corrected chi connectivity index (χ2v) is 17.6. The molecule has 4 heteroatoms.